The van der Waals surface area contributed by atoms with Crippen LogP contribution >= 0.6 is 0 Å². The summed E-state index contributed by atoms with van der Waals surface area (Å²) in [6, 6.07) is 15.3. The Morgan fingerprint density at radius 3 is 2.50 bits per heavy atom. The zero-order chi connectivity index (χ0) is 20.7. The van der Waals surface area contributed by atoms with Crippen LogP contribution in [0.3, 0.4) is 0 Å². The number of likely N-dealkylation sites (tertiary alicyclic amines) is 1. The third kappa shape index (κ3) is 3.90. The zero-order valence-electron chi connectivity index (χ0n) is 17.8. The van der Waals surface area contributed by atoms with Crippen LogP contribution in [0.5, 0.6) is 0 Å². The lowest BCUT2D eigenvalue weighted by Crippen LogP contribution is -2.30. The Kier molecular flexibility index (Phi) is 5.36. The second kappa shape index (κ2) is 8.01. The van der Waals surface area contributed by atoms with Crippen molar-refractivity contribution in [3.8, 4) is 0 Å². The number of anilines is 1. The highest BCUT2D eigenvalue weighted by atomic mass is 32.2. The normalized spacial score (nSPS) is 24.8. The number of fused-ring (bicyclic) bond motifs is 1. The van der Waals surface area contributed by atoms with Crippen LogP contribution in [0.25, 0.3) is 0 Å². The Hall–Kier alpha value is -1.85. The molecule has 2 heterocycles. The van der Waals surface area contributed by atoms with E-state index in [4.69, 9.17) is 0 Å². The summed E-state index contributed by atoms with van der Waals surface area (Å²) in [5.74, 6) is 2.42. The summed E-state index contributed by atoms with van der Waals surface area (Å²) < 4.78 is 27.7. The summed E-state index contributed by atoms with van der Waals surface area (Å²) in [7, 11) is -1.25. The standard InChI is InChI=1S/C25H32N2O2S/c1-26-14-11-19(12-15-26)7-8-21-18-24(21)20-9-10-25-22(17-20)13-16-27(25)30(28,29)23-5-3-2-4-6-23/h2-6,9-10,17,19,21,24H,7-8,11-16,18H2,1H3. The van der Waals surface area contributed by atoms with Crippen molar-refractivity contribution in [2.75, 3.05) is 31.0 Å². The zero-order valence-corrected chi connectivity index (χ0v) is 18.7. The van der Waals surface area contributed by atoms with Gasteiger partial charge in [0.2, 0.25) is 0 Å². The summed E-state index contributed by atoms with van der Waals surface area (Å²) in [5, 5.41) is 0. The predicted octanol–water partition coefficient (Wildman–Crippen LogP) is 4.66. The summed E-state index contributed by atoms with van der Waals surface area (Å²) >= 11 is 0. The van der Waals surface area contributed by atoms with Gasteiger partial charge in [0, 0.05) is 6.54 Å². The molecule has 2 aromatic rings. The van der Waals surface area contributed by atoms with Crippen LogP contribution in [0, 0.1) is 11.8 Å². The molecule has 2 atom stereocenters. The molecular weight excluding hydrogens is 392 g/mol. The van der Waals surface area contributed by atoms with Gasteiger partial charge >= 0.3 is 0 Å². The molecule has 2 unspecified atom stereocenters. The molecule has 1 saturated carbocycles. The lowest BCUT2D eigenvalue weighted by molar-refractivity contribution is 0.208. The highest BCUT2D eigenvalue weighted by Gasteiger charge is 2.39. The molecule has 0 aromatic heterocycles. The van der Waals surface area contributed by atoms with Crippen molar-refractivity contribution >= 4 is 15.7 Å². The van der Waals surface area contributed by atoms with E-state index in [0.29, 0.717) is 17.4 Å². The van der Waals surface area contributed by atoms with Crippen LogP contribution in [0.1, 0.15) is 49.1 Å². The first-order valence-corrected chi connectivity index (χ1v) is 12.9. The van der Waals surface area contributed by atoms with E-state index in [0.717, 1.165) is 23.9 Å². The molecule has 0 bridgehead atoms. The van der Waals surface area contributed by atoms with Crippen molar-refractivity contribution in [3.05, 3.63) is 59.7 Å². The Morgan fingerprint density at radius 1 is 0.967 bits per heavy atom. The van der Waals surface area contributed by atoms with Gasteiger partial charge in [-0.2, -0.15) is 0 Å². The molecule has 3 aliphatic rings. The van der Waals surface area contributed by atoms with E-state index in [-0.39, 0.29) is 0 Å². The second-order valence-electron chi connectivity index (χ2n) is 9.45. The Morgan fingerprint density at radius 2 is 1.73 bits per heavy atom. The molecule has 5 rings (SSSR count). The summed E-state index contributed by atoms with van der Waals surface area (Å²) in [4.78, 5) is 2.82. The number of nitrogens with zero attached hydrogens (tertiary/aromatic N) is 2. The third-order valence-electron chi connectivity index (χ3n) is 7.42. The average Bonchev–Trinajstić information content (AvgIpc) is 3.42. The Labute approximate surface area is 180 Å². The monoisotopic (exact) mass is 424 g/mol. The second-order valence-corrected chi connectivity index (χ2v) is 11.3. The van der Waals surface area contributed by atoms with Gasteiger partial charge in [-0.05, 0) is 99.3 Å². The first kappa shape index (κ1) is 20.1. The molecule has 0 amide bonds. The largest absolute Gasteiger partial charge is 0.306 e. The summed E-state index contributed by atoms with van der Waals surface area (Å²) in [6.45, 7) is 3.05. The van der Waals surface area contributed by atoms with Crippen molar-refractivity contribution in [3.63, 3.8) is 0 Å². The van der Waals surface area contributed by atoms with Crippen LogP contribution in [0.4, 0.5) is 5.69 Å². The molecule has 1 aliphatic carbocycles. The molecule has 30 heavy (non-hydrogen) atoms. The van der Waals surface area contributed by atoms with E-state index in [1.807, 2.05) is 12.1 Å². The van der Waals surface area contributed by atoms with E-state index < -0.39 is 10.0 Å². The van der Waals surface area contributed by atoms with Crippen molar-refractivity contribution in [2.45, 2.75) is 49.3 Å². The molecule has 1 saturated heterocycles. The van der Waals surface area contributed by atoms with Gasteiger partial charge in [0.05, 0.1) is 10.6 Å². The molecule has 0 radical (unpaired) electrons. The first-order chi connectivity index (χ1) is 14.5. The SMILES string of the molecule is CN1CCC(CCC2CC2c2ccc3c(c2)CCN3S(=O)(=O)c2ccccc2)CC1. The van der Waals surface area contributed by atoms with Gasteiger partial charge in [-0.1, -0.05) is 36.8 Å². The lowest BCUT2D eigenvalue weighted by atomic mass is 9.91. The van der Waals surface area contributed by atoms with E-state index >= 15 is 0 Å². The van der Waals surface area contributed by atoms with Crippen LogP contribution in [0.2, 0.25) is 0 Å². The molecular formula is C25H32N2O2S. The minimum atomic E-state index is -3.48. The van der Waals surface area contributed by atoms with Crippen LogP contribution in [-0.4, -0.2) is 40.0 Å². The van der Waals surface area contributed by atoms with Crippen LogP contribution in [0.15, 0.2) is 53.4 Å². The van der Waals surface area contributed by atoms with Crippen molar-refractivity contribution in [1.82, 2.24) is 4.90 Å². The molecule has 4 nitrogen and oxygen atoms in total. The molecule has 2 aliphatic heterocycles. The van der Waals surface area contributed by atoms with Gasteiger partial charge in [0.25, 0.3) is 10.0 Å². The number of piperidine rings is 1. The van der Waals surface area contributed by atoms with Gasteiger partial charge in [-0.15, -0.1) is 0 Å². The highest BCUT2D eigenvalue weighted by Crippen LogP contribution is 2.52. The first-order valence-electron chi connectivity index (χ1n) is 11.4. The predicted molar refractivity (Wildman–Crippen MR) is 121 cm³/mol. The maximum absolute atomic E-state index is 13.1. The average molecular weight is 425 g/mol. The maximum Gasteiger partial charge on any atom is 0.264 e. The lowest BCUT2D eigenvalue weighted by Gasteiger charge is -2.28. The van der Waals surface area contributed by atoms with Gasteiger partial charge in [-0.3, -0.25) is 4.31 Å². The van der Waals surface area contributed by atoms with E-state index in [2.05, 4.69) is 24.1 Å². The minimum absolute atomic E-state index is 0.373. The van der Waals surface area contributed by atoms with Crippen molar-refractivity contribution < 1.29 is 8.42 Å². The Balaban J connectivity index is 1.23. The number of rotatable bonds is 6. The summed E-state index contributed by atoms with van der Waals surface area (Å²) in [6.07, 6.45) is 7.56. The van der Waals surface area contributed by atoms with Crippen LogP contribution in [-0.2, 0) is 16.4 Å². The molecule has 0 N–H and O–H groups in total. The number of benzene rings is 2. The number of sulfonamides is 1. The number of hydrogen-bond donors (Lipinski definition) is 0. The van der Waals surface area contributed by atoms with Crippen molar-refractivity contribution in [2.24, 2.45) is 11.8 Å². The van der Waals surface area contributed by atoms with Gasteiger partial charge in [0.15, 0.2) is 0 Å². The Bertz CT molecular complexity index is 997. The highest BCUT2D eigenvalue weighted by molar-refractivity contribution is 7.92. The van der Waals surface area contributed by atoms with Crippen molar-refractivity contribution in [1.29, 1.82) is 0 Å². The minimum Gasteiger partial charge on any atom is -0.306 e. The fourth-order valence-electron chi connectivity index (χ4n) is 5.37. The van der Waals surface area contributed by atoms with Gasteiger partial charge in [-0.25, -0.2) is 8.42 Å². The van der Waals surface area contributed by atoms with Crippen LogP contribution < -0.4 is 4.31 Å². The quantitative estimate of drug-likeness (QED) is 0.677. The smallest absolute Gasteiger partial charge is 0.264 e. The molecule has 0 spiro atoms. The summed E-state index contributed by atoms with van der Waals surface area (Å²) in [5.41, 5.74) is 3.47. The van der Waals surface area contributed by atoms with Gasteiger partial charge in [0.1, 0.15) is 0 Å². The molecule has 5 heteroatoms. The number of hydrogen-bond acceptors (Lipinski definition) is 3. The molecule has 2 fully saturated rings. The third-order valence-corrected chi connectivity index (χ3v) is 9.25. The fraction of sp³-hybridized carbons (Fsp3) is 0.520. The maximum atomic E-state index is 13.1. The van der Waals surface area contributed by atoms with E-state index in [1.165, 1.54) is 56.3 Å². The molecule has 2 aromatic carbocycles. The molecule has 160 valence electrons. The topological polar surface area (TPSA) is 40.6 Å². The van der Waals surface area contributed by atoms with E-state index in [1.54, 1.807) is 28.6 Å². The van der Waals surface area contributed by atoms with E-state index in [9.17, 15) is 8.42 Å². The van der Waals surface area contributed by atoms with Gasteiger partial charge < -0.3 is 4.90 Å². The fourth-order valence-corrected chi connectivity index (χ4v) is 6.89.